The number of nitrogens with zero attached hydrogens (tertiary/aromatic N) is 5. The first-order valence-electron chi connectivity index (χ1n) is 13.5. The Morgan fingerprint density at radius 1 is 0.512 bits per heavy atom. The normalized spacial score (nSPS) is 11.9. The first-order valence-corrected chi connectivity index (χ1v) is 13.5. The lowest BCUT2D eigenvalue weighted by Crippen LogP contribution is -1.96. The van der Waals surface area contributed by atoms with Crippen molar-refractivity contribution in [2.45, 2.75) is 0 Å². The third-order valence-electron chi connectivity index (χ3n) is 7.87. The van der Waals surface area contributed by atoms with Crippen LogP contribution in [-0.2, 0) is 0 Å². The third-order valence-corrected chi connectivity index (χ3v) is 7.87. The second-order valence-electron chi connectivity index (χ2n) is 10.2. The number of hydrogen-bond acceptors (Lipinski definition) is 4. The molecular weight excluding hydrogens is 506 g/mol. The lowest BCUT2D eigenvalue weighted by Gasteiger charge is -2.09. The maximum absolute atomic E-state index is 5.86. The van der Waals surface area contributed by atoms with Crippen LogP contribution in [0.2, 0.25) is 0 Å². The molecule has 41 heavy (non-hydrogen) atoms. The van der Waals surface area contributed by atoms with Gasteiger partial charge in [0.25, 0.3) is 0 Å². The van der Waals surface area contributed by atoms with Crippen LogP contribution in [0.25, 0.3) is 77.8 Å². The van der Waals surface area contributed by atoms with Gasteiger partial charge in [-0.25, -0.2) is 15.0 Å². The highest BCUT2D eigenvalue weighted by Crippen LogP contribution is 2.39. The van der Waals surface area contributed by atoms with Crippen molar-refractivity contribution in [3.05, 3.63) is 128 Å². The van der Waals surface area contributed by atoms with E-state index < -0.39 is 0 Å². The van der Waals surface area contributed by atoms with E-state index >= 15 is 0 Å². The van der Waals surface area contributed by atoms with Crippen LogP contribution < -0.4 is 0 Å². The average molecular weight is 528 g/mol. The van der Waals surface area contributed by atoms with Crippen LogP contribution >= 0.6 is 0 Å². The van der Waals surface area contributed by atoms with E-state index in [9.17, 15) is 0 Å². The Morgan fingerprint density at radius 2 is 1.17 bits per heavy atom. The fourth-order valence-corrected chi connectivity index (χ4v) is 6.09. The molecule has 4 aromatic carbocycles. The first kappa shape index (κ1) is 22.1. The molecule has 0 amide bonds. The summed E-state index contributed by atoms with van der Waals surface area (Å²) < 4.78 is 10.5. The molecule has 0 bridgehead atoms. The number of benzene rings is 4. The minimum Gasteiger partial charge on any atom is -0.416 e. The summed E-state index contributed by atoms with van der Waals surface area (Å²) in [6.07, 6.45) is 3.59. The molecule has 6 heteroatoms. The molecule has 0 spiro atoms. The van der Waals surface area contributed by atoms with Gasteiger partial charge in [0.1, 0.15) is 11.2 Å². The van der Waals surface area contributed by atoms with E-state index in [2.05, 4.69) is 116 Å². The molecule has 0 radical (unpaired) electrons. The van der Waals surface area contributed by atoms with E-state index in [1.165, 1.54) is 32.6 Å². The SMILES string of the molecule is c1ccc(-n2c3ccccc3c3cc4c(cc32)c2ccccc2n4-c2ccc(-c3nc4cccnc4o3)nc2)cc1. The van der Waals surface area contributed by atoms with Gasteiger partial charge in [-0.05, 0) is 60.7 Å². The molecule has 0 saturated carbocycles. The van der Waals surface area contributed by atoms with E-state index in [1.54, 1.807) is 6.20 Å². The number of oxazole rings is 1. The van der Waals surface area contributed by atoms with E-state index in [0.717, 1.165) is 27.9 Å². The smallest absolute Gasteiger partial charge is 0.248 e. The lowest BCUT2D eigenvalue weighted by atomic mass is 10.1. The van der Waals surface area contributed by atoms with Crippen LogP contribution in [0.4, 0.5) is 0 Å². The van der Waals surface area contributed by atoms with Crippen molar-refractivity contribution in [1.82, 2.24) is 24.1 Å². The van der Waals surface area contributed by atoms with Gasteiger partial charge < -0.3 is 13.6 Å². The molecule has 0 saturated heterocycles. The maximum Gasteiger partial charge on any atom is 0.248 e. The predicted molar refractivity (Wildman–Crippen MR) is 164 cm³/mol. The molecule has 0 atom stereocenters. The van der Waals surface area contributed by atoms with Crippen LogP contribution in [-0.4, -0.2) is 24.1 Å². The monoisotopic (exact) mass is 527 g/mol. The fraction of sp³-hybridized carbons (Fsp3) is 0. The zero-order valence-electron chi connectivity index (χ0n) is 21.8. The van der Waals surface area contributed by atoms with Crippen molar-refractivity contribution in [2.24, 2.45) is 0 Å². The Morgan fingerprint density at radius 3 is 1.83 bits per heavy atom. The van der Waals surface area contributed by atoms with Gasteiger partial charge in [-0.15, -0.1) is 0 Å². The number of aromatic nitrogens is 5. The zero-order valence-corrected chi connectivity index (χ0v) is 21.8. The van der Waals surface area contributed by atoms with E-state index in [4.69, 9.17) is 9.40 Å². The summed E-state index contributed by atoms with van der Waals surface area (Å²) in [6.45, 7) is 0. The van der Waals surface area contributed by atoms with Gasteiger partial charge >= 0.3 is 0 Å². The summed E-state index contributed by atoms with van der Waals surface area (Å²) in [6, 6.07) is 40.2. The molecular formula is C35H21N5O. The Kier molecular flexibility index (Phi) is 4.51. The Bertz CT molecular complexity index is 2380. The molecule has 6 nitrogen and oxygen atoms in total. The quantitative estimate of drug-likeness (QED) is 0.231. The topological polar surface area (TPSA) is 61.7 Å². The highest BCUT2D eigenvalue weighted by molar-refractivity contribution is 6.19. The number of rotatable bonds is 3. The third kappa shape index (κ3) is 3.22. The first-order chi connectivity index (χ1) is 20.3. The van der Waals surface area contributed by atoms with E-state index in [-0.39, 0.29) is 0 Å². The molecule has 0 N–H and O–H groups in total. The number of para-hydroxylation sites is 3. The van der Waals surface area contributed by atoms with Gasteiger partial charge in [-0.2, -0.15) is 0 Å². The second kappa shape index (κ2) is 8.37. The molecule has 0 unspecified atom stereocenters. The van der Waals surface area contributed by atoms with Crippen LogP contribution in [0.1, 0.15) is 0 Å². The number of hydrogen-bond donors (Lipinski definition) is 0. The van der Waals surface area contributed by atoms with E-state index in [0.29, 0.717) is 17.3 Å². The highest BCUT2D eigenvalue weighted by Gasteiger charge is 2.19. The predicted octanol–water partition coefficient (Wildman–Crippen LogP) is 8.48. The van der Waals surface area contributed by atoms with Crippen molar-refractivity contribution in [1.29, 1.82) is 0 Å². The van der Waals surface area contributed by atoms with Gasteiger partial charge in [0.05, 0.1) is 34.0 Å². The standard InChI is InChI=1S/C35H21N5O/c1-2-9-22(10-3-1)39-30-14-6-4-11-24(30)26-20-33-27(19-32(26)39)25-12-5-7-15-31(25)40(33)23-16-17-28(37-21-23)35-38-29-13-8-18-36-34(29)41-35/h1-21H. The molecule has 5 heterocycles. The average Bonchev–Trinajstić information content (AvgIpc) is 3.71. The number of fused-ring (bicyclic) bond motifs is 7. The maximum atomic E-state index is 5.86. The lowest BCUT2D eigenvalue weighted by molar-refractivity contribution is 0.605. The van der Waals surface area contributed by atoms with Gasteiger partial charge in [-0.1, -0.05) is 54.6 Å². The van der Waals surface area contributed by atoms with Gasteiger partial charge in [-0.3, -0.25) is 0 Å². The van der Waals surface area contributed by atoms with E-state index in [1.807, 2.05) is 24.4 Å². The highest BCUT2D eigenvalue weighted by atomic mass is 16.4. The molecule has 9 aromatic rings. The van der Waals surface area contributed by atoms with Crippen LogP contribution in [0.15, 0.2) is 132 Å². The molecule has 192 valence electrons. The molecule has 9 rings (SSSR count). The van der Waals surface area contributed by atoms with Gasteiger partial charge in [0, 0.05) is 33.4 Å². The summed E-state index contributed by atoms with van der Waals surface area (Å²) in [7, 11) is 0. The van der Waals surface area contributed by atoms with Gasteiger partial charge in [0.2, 0.25) is 11.6 Å². The van der Waals surface area contributed by atoms with Crippen LogP contribution in [0, 0.1) is 0 Å². The largest absolute Gasteiger partial charge is 0.416 e. The van der Waals surface area contributed by atoms with Crippen LogP contribution in [0.5, 0.6) is 0 Å². The zero-order chi connectivity index (χ0) is 26.9. The van der Waals surface area contributed by atoms with Crippen molar-refractivity contribution in [3.8, 4) is 23.0 Å². The number of pyridine rings is 2. The molecule has 5 aromatic heterocycles. The van der Waals surface area contributed by atoms with Gasteiger partial charge in [0.15, 0.2) is 0 Å². The molecule has 0 aliphatic carbocycles. The second-order valence-corrected chi connectivity index (χ2v) is 10.2. The Hall–Kier alpha value is -5.75. The summed E-state index contributed by atoms with van der Waals surface area (Å²) >= 11 is 0. The van der Waals surface area contributed by atoms with Crippen LogP contribution in [0.3, 0.4) is 0 Å². The minimum absolute atomic E-state index is 0.461. The molecule has 0 aliphatic rings. The Balaban J connectivity index is 1.30. The summed E-state index contributed by atoms with van der Waals surface area (Å²) in [4.78, 5) is 13.6. The summed E-state index contributed by atoms with van der Waals surface area (Å²) in [5.74, 6) is 0.461. The van der Waals surface area contributed by atoms with Crippen molar-refractivity contribution >= 4 is 54.8 Å². The molecule has 0 aliphatic heterocycles. The van der Waals surface area contributed by atoms with Crippen molar-refractivity contribution in [2.75, 3.05) is 0 Å². The molecule has 0 fully saturated rings. The van der Waals surface area contributed by atoms with Crippen molar-refractivity contribution in [3.63, 3.8) is 0 Å². The van der Waals surface area contributed by atoms with Crippen molar-refractivity contribution < 1.29 is 4.42 Å². The summed E-state index contributed by atoms with van der Waals surface area (Å²) in [5.41, 5.74) is 8.66. The minimum atomic E-state index is 0.461. The fourth-order valence-electron chi connectivity index (χ4n) is 6.09. The summed E-state index contributed by atoms with van der Waals surface area (Å²) in [5, 5.41) is 4.83. The Labute approximate surface area is 233 Å².